The molecule has 0 fully saturated rings. The summed E-state index contributed by atoms with van der Waals surface area (Å²) in [5.74, 6) is -0.500. The van der Waals surface area contributed by atoms with Gasteiger partial charge in [0.15, 0.2) is 0 Å². The van der Waals surface area contributed by atoms with Gasteiger partial charge in [-0.1, -0.05) is 12.1 Å². The fourth-order valence-electron chi connectivity index (χ4n) is 1.79. The van der Waals surface area contributed by atoms with Crippen LogP contribution >= 0.6 is 11.3 Å². The van der Waals surface area contributed by atoms with E-state index in [2.05, 4.69) is 15.2 Å². The van der Waals surface area contributed by atoms with E-state index in [1.165, 1.54) is 17.4 Å². The van der Waals surface area contributed by atoms with Crippen molar-refractivity contribution in [1.29, 1.82) is 0 Å². The number of aryl methyl sites for hydroxylation is 1. The van der Waals surface area contributed by atoms with Crippen molar-refractivity contribution in [3.8, 4) is 22.2 Å². The number of nitrogens with zero attached hydrogens (tertiary/aromatic N) is 3. The second kappa shape index (κ2) is 4.86. The summed E-state index contributed by atoms with van der Waals surface area (Å²) in [6.07, 6.45) is 0. The first-order valence-corrected chi connectivity index (χ1v) is 6.61. The van der Waals surface area contributed by atoms with Crippen LogP contribution in [-0.4, -0.2) is 26.3 Å². The molecule has 7 heteroatoms. The highest BCUT2D eigenvalue weighted by molar-refractivity contribution is 7.13. The van der Waals surface area contributed by atoms with Gasteiger partial charge in [0.1, 0.15) is 4.88 Å². The summed E-state index contributed by atoms with van der Waals surface area (Å²) in [4.78, 5) is 16.1. The van der Waals surface area contributed by atoms with Gasteiger partial charge in [0.25, 0.3) is 5.89 Å². The molecule has 0 amide bonds. The molecule has 2 heterocycles. The summed E-state index contributed by atoms with van der Waals surface area (Å²) < 4.78 is 5.57. The minimum Gasteiger partial charge on any atom is -0.478 e. The Kier molecular flexibility index (Phi) is 3.03. The summed E-state index contributed by atoms with van der Waals surface area (Å²) in [6, 6.07) is 6.51. The Balaban J connectivity index is 2.07. The molecule has 1 aromatic carbocycles. The summed E-state index contributed by atoms with van der Waals surface area (Å²) in [5.41, 5.74) is 3.03. The first-order chi connectivity index (χ1) is 9.66. The van der Waals surface area contributed by atoms with Crippen LogP contribution in [0.25, 0.3) is 22.2 Å². The number of carboxylic acid groups (broad SMARTS) is 1. The van der Waals surface area contributed by atoms with E-state index >= 15 is 0 Å². The number of carbonyl (C=O) groups is 1. The molecular formula is C13H9N3O3S. The monoisotopic (exact) mass is 287 g/mol. The van der Waals surface area contributed by atoms with Gasteiger partial charge >= 0.3 is 5.97 Å². The Morgan fingerprint density at radius 2 is 2.00 bits per heavy atom. The molecule has 100 valence electrons. The fraction of sp³-hybridized carbons (Fsp3) is 0.0769. The van der Waals surface area contributed by atoms with E-state index in [1.807, 2.05) is 6.92 Å². The number of rotatable bonds is 3. The van der Waals surface area contributed by atoms with Gasteiger partial charge in [0, 0.05) is 0 Å². The third kappa shape index (κ3) is 2.08. The van der Waals surface area contributed by atoms with Crippen molar-refractivity contribution in [3.63, 3.8) is 0 Å². The number of thiazole rings is 1. The molecule has 0 radical (unpaired) electrons. The average Bonchev–Trinajstić information content (AvgIpc) is 3.07. The van der Waals surface area contributed by atoms with E-state index in [0.29, 0.717) is 11.5 Å². The zero-order valence-electron chi connectivity index (χ0n) is 10.4. The molecule has 3 aromatic rings. The summed E-state index contributed by atoms with van der Waals surface area (Å²) in [5, 5.41) is 17.0. The fourth-order valence-corrected chi connectivity index (χ4v) is 2.51. The van der Waals surface area contributed by atoms with Gasteiger partial charge in [-0.2, -0.15) is 0 Å². The van der Waals surface area contributed by atoms with Crippen LogP contribution in [0.1, 0.15) is 16.1 Å². The molecule has 0 atom stereocenters. The molecule has 20 heavy (non-hydrogen) atoms. The van der Waals surface area contributed by atoms with E-state index in [9.17, 15) is 4.79 Å². The molecule has 6 nitrogen and oxygen atoms in total. The molecule has 1 N–H and O–H groups in total. The van der Waals surface area contributed by atoms with Crippen LogP contribution in [0.4, 0.5) is 0 Å². The van der Waals surface area contributed by atoms with Crippen LogP contribution in [0.5, 0.6) is 0 Å². The lowest BCUT2D eigenvalue weighted by Gasteiger charge is -1.99. The van der Waals surface area contributed by atoms with Crippen molar-refractivity contribution in [1.82, 2.24) is 15.2 Å². The quantitative estimate of drug-likeness (QED) is 0.796. The predicted octanol–water partition coefficient (Wildman–Crippen LogP) is 2.87. The third-order valence-electron chi connectivity index (χ3n) is 2.75. The van der Waals surface area contributed by atoms with Gasteiger partial charge in [-0.3, -0.25) is 0 Å². The van der Waals surface area contributed by atoms with E-state index < -0.39 is 5.97 Å². The maximum absolute atomic E-state index is 11.2. The number of carboxylic acids is 1. The Hall–Kier alpha value is -2.54. The lowest BCUT2D eigenvalue weighted by Crippen LogP contribution is -1.98. The normalized spacial score (nSPS) is 10.7. The van der Waals surface area contributed by atoms with Crippen molar-refractivity contribution in [2.24, 2.45) is 0 Å². The lowest BCUT2D eigenvalue weighted by molar-refractivity contribution is 0.0697. The van der Waals surface area contributed by atoms with E-state index in [0.717, 1.165) is 10.6 Å². The Bertz CT molecular complexity index is 779. The highest BCUT2D eigenvalue weighted by Gasteiger charge is 2.18. The van der Waals surface area contributed by atoms with Gasteiger partial charge in [-0.05, 0) is 19.1 Å². The van der Waals surface area contributed by atoms with E-state index in [-0.39, 0.29) is 11.5 Å². The minimum absolute atomic E-state index is 0.128. The summed E-state index contributed by atoms with van der Waals surface area (Å²) in [6.45, 7) is 1.85. The number of aromatic carboxylic acids is 1. The molecule has 0 unspecified atom stereocenters. The minimum atomic E-state index is -1.03. The Labute approximate surface area is 117 Å². The maximum Gasteiger partial charge on any atom is 0.336 e. The van der Waals surface area contributed by atoms with Gasteiger partial charge in [-0.25, -0.2) is 9.78 Å². The number of hydrogen-bond donors (Lipinski definition) is 1. The van der Waals surface area contributed by atoms with Crippen LogP contribution in [0.2, 0.25) is 0 Å². The molecule has 0 saturated heterocycles. The zero-order valence-corrected chi connectivity index (χ0v) is 11.2. The van der Waals surface area contributed by atoms with Gasteiger partial charge < -0.3 is 9.52 Å². The maximum atomic E-state index is 11.2. The van der Waals surface area contributed by atoms with Crippen molar-refractivity contribution >= 4 is 17.3 Å². The largest absolute Gasteiger partial charge is 0.478 e. The van der Waals surface area contributed by atoms with E-state index in [1.54, 1.807) is 23.7 Å². The first-order valence-electron chi connectivity index (χ1n) is 5.73. The second-order valence-corrected chi connectivity index (χ2v) is 4.88. The predicted molar refractivity (Wildman–Crippen MR) is 72.5 cm³/mol. The number of aromatic nitrogens is 3. The molecular weight excluding hydrogens is 278 g/mol. The molecule has 0 aliphatic carbocycles. The third-order valence-corrected chi connectivity index (χ3v) is 3.67. The van der Waals surface area contributed by atoms with Crippen LogP contribution in [-0.2, 0) is 0 Å². The molecule has 0 aliphatic heterocycles. The smallest absolute Gasteiger partial charge is 0.336 e. The van der Waals surface area contributed by atoms with Crippen molar-refractivity contribution in [2.45, 2.75) is 6.92 Å². The van der Waals surface area contributed by atoms with Gasteiger partial charge in [0.05, 0.1) is 22.3 Å². The average molecular weight is 287 g/mol. The highest BCUT2D eigenvalue weighted by atomic mass is 32.1. The van der Waals surface area contributed by atoms with Crippen molar-refractivity contribution in [2.75, 3.05) is 0 Å². The van der Waals surface area contributed by atoms with Gasteiger partial charge in [-0.15, -0.1) is 21.5 Å². The topological polar surface area (TPSA) is 89.1 Å². The van der Waals surface area contributed by atoms with Crippen LogP contribution in [0, 0.1) is 6.92 Å². The molecule has 0 spiro atoms. The Morgan fingerprint density at radius 1 is 1.25 bits per heavy atom. The summed E-state index contributed by atoms with van der Waals surface area (Å²) >= 11 is 1.40. The second-order valence-electron chi connectivity index (χ2n) is 4.03. The van der Waals surface area contributed by atoms with Crippen LogP contribution in [0.15, 0.2) is 34.2 Å². The first kappa shape index (κ1) is 12.5. The van der Waals surface area contributed by atoms with Crippen molar-refractivity contribution < 1.29 is 14.3 Å². The van der Waals surface area contributed by atoms with Gasteiger partial charge in [0.2, 0.25) is 5.89 Å². The lowest BCUT2D eigenvalue weighted by atomic mass is 10.1. The molecule has 0 bridgehead atoms. The molecule has 0 aliphatic rings. The highest BCUT2D eigenvalue weighted by Crippen LogP contribution is 2.29. The number of benzene rings is 1. The molecule has 0 saturated carbocycles. The standard InChI is InChI=1S/C13H9N3O3S/c1-7-10(20-6-14-7)12-16-15-11(19-12)8-4-2-3-5-9(8)13(17)18/h2-6H,1H3,(H,17,18). The SMILES string of the molecule is Cc1ncsc1-c1nnc(-c2ccccc2C(=O)O)o1. The van der Waals surface area contributed by atoms with E-state index in [4.69, 9.17) is 9.52 Å². The van der Waals surface area contributed by atoms with Crippen LogP contribution in [0.3, 0.4) is 0 Å². The molecule has 2 aromatic heterocycles. The molecule has 3 rings (SSSR count). The Morgan fingerprint density at radius 3 is 2.70 bits per heavy atom. The zero-order chi connectivity index (χ0) is 14.1. The number of hydrogen-bond acceptors (Lipinski definition) is 6. The van der Waals surface area contributed by atoms with Crippen LogP contribution < -0.4 is 0 Å². The summed E-state index contributed by atoms with van der Waals surface area (Å²) in [7, 11) is 0. The van der Waals surface area contributed by atoms with Crippen molar-refractivity contribution in [3.05, 3.63) is 41.0 Å².